The number of fused-ring (bicyclic) bond motifs is 1. The normalized spacial score (nSPS) is 14.0. The highest BCUT2D eigenvalue weighted by Gasteiger charge is 2.41. The van der Waals surface area contributed by atoms with Crippen molar-refractivity contribution < 1.29 is 23.9 Å². The van der Waals surface area contributed by atoms with Crippen LogP contribution < -0.4 is 5.32 Å². The first kappa shape index (κ1) is 21.2. The molecule has 1 atom stereocenters. The van der Waals surface area contributed by atoms with Crippen LogP contribution in [0.5, 0.6) is 0 Å². The maximum absolute atomic E-state index is 12.5. The van der Waals surface area contributed by atoms with Crippen molar-refractivity contribution in [3.8, 4) is 0 Å². The van der Waals surface area contributed by atoms with Gasteiger partial charge in [-0.1, -0.05) is 44.2 Å². The Morgan fingerprint density at radius 1 is 0.967 bits per heavy atom. The lowest BCUT2D eigenvalue weighted by molar-refractivity contribution is -0.150. The fourth-order valence-corrected chi connectivity index (χ4v) is 3.44. The zero-order valence-corrected chi connectivity index (χ0v) is 17.4. The Morgan fingerprint density at radius 3 is 2.13 bits per heavy atom. The monoisotopic (exact) mass is 408 g/mol. The van der Waals surface area contributed by atoms with Gasteiger partial charge < -0.3 is 10.1 Å². The first-order chi connectivity index (χ1) is 14.2. The van der Waals surface area contributed by atoms with Gasteiger partial charge in [0, 0.05) is 5.69 Å². The Hall–Kier alpha value is -3.48. The highest BCUT2D eigenvalue weighted by atomic mass is 16.5. The molecule has 2 aromatic carbocycles. The summed E-state index contributed by atoms with van der Waals surface area (Å²) in [5, 5.41) is 2.79. The third-order valence-corrected chi connectivity index (χ3v) is 5.09. The molecule has 1 heterocycles. The van der Waals surface area contributed by atoms with Crippen LogP contribution in [0, 0.1) is 6.92 Å². The van der Waals surface area contributed by atoms with Crippen molar-refractivity contribution in [2.45, 2.75) is 39.7 Å². The number of anilines is 1. The zero-order valence-electron chi connectivity index (χ0n) is 17.4. The van der Waals surface area contributed by atoms with Gasteiger partial charge in [-0.25, -0.2) is 4.79 Å². The number of carbonyl (C=O) groups is 4. The molecular formula is C23H24N2O5. The molecule has 0 saturated carbocycles. The number of amides is 3. The highest BCUT2D eigenvalue weighted by Crippen LogP contribution is 2.27. The SMILES string of the molecule is Cc1cccc(C(C)C)c1NC(=O)COC(=O)C(C)N1C(=O)c2ccccc2C1=O. The second-order valence-corrected chi connectivity index (χ2v) is 7.55. The van der Waals surface area contributed by atoms with Gasteiger partial charge in [0.15, 0.2) is 6.61 Å². The number of imide groups is 1. The fraction of sp³-hybridized carbons (Fsp3) is 0.304. The molecule has 7 nitrogen and oxygen atoms in total. The minimum Gasteiger partial charge on any atom is -0.454 e. The molecular weight excluding hydrogens is 384 g/mol. The van der Waals surface area contributed by atoms with Crippen molar-refractivity contribution >= 4 is 29.4 Å². The topological polar surface area (TPSA) is 92.8 Å². The second kappa shape index (κ2) is 8.49. The van der Waals surface area contributed by atoms with E-state index in [1.54, 1.807) is 12.1 Å². The Bertz CT molecular complexity index is 993. The van der Waals surface area contributed by atoms with Gasteiger partial charge in [-0.3, -0.25) is 19.3 Å². The standard InChI is InChI=1S/C23H24N2O5/c1-13(2)16-11-7-8-14(3)20(16)24-19(26)12-30-23(29)15(4)25-21(27)17-9-5-6-10-18(17)22(25)28/h5-11,13,15H,12H2,1-4H3,(H,24,26). The van der Waals surface area contributed by atoms with Gasteiger partial charge in [-0.15, -0.1) is 0 Å². The molecule has 1 aliphatic rings. The van der Waals surface area contributed by atoms with Crippen molar-refractivity contribution in [3.05, 3.63) is 64.7 Å². The van der Waals surface area contributed by atoms with Crippen molar-refractivity contribution in [2.24, 2.45) is 0 Å². The Balaban J connectivity index is 1.63. The second-order valence-electron chi connectivity index (χ2n) is 7.55. The van der Waals surface area contributed by atoms with Crippen LogP contribution in [-0.2, 0) is 14.3 Å². The van der Waals surface area contributed by atoms with Gasteiger partial charge in [0.05, 0.1) is 11.1 Å². The van der Waals surface area contributed by atoms with E-state index >= 15 is 0 Å². The summed E-state index contributed by atoms with van der Waals surface area (Å²) in [6.45, 7) is 6.82. The van der Waals surface area contributed by atoms with E-state index in [2.05, 4.69) is 5.32 Å². The molecule has 0 aliphatic carbocycles. The molecule has 0 saturated heterocycles. The van der Waals surface area contributed by atoms with Gasteiger partial charge in [0.2, 0.25) is 0 Å². The van der Waals surface area contributed by atoms with E-state index in [9.17, 15) is 19.2 Å². The first-order valence-corrected chi connectivity index (χ1v) is 9.75. The van der Waals surface area contributed by atoms with Crippen LogP contribution in [0.3, 0.4) is 0 Å². The number of aryl methyl sites for hydroxylation is 1. The molecule has 1 aliphatic heterocycles. The number of carbonyl (C=O) groups excluding carboxylic acids is 4. The molecule has 30 heavy (non-hydrogen) atoms. The van der Waals surface area contributed by atoms with Crippen LogP contribution in [0.4, 0.5) is 5.69 Å². The van der Waals surface area contributed by atoms with Crippen LogP contribution in [0.1, 0.15) is 58.5 Å². The van der Waals surface area contributed by atoms with E-state index in [1.807, 2.05) is 39.0 Å². The van der Waals surface area contributed by atoms with E-state index in [0.29, 0.717) is 5.69 Å². The van der Waals surface area contributed by atoms with Crippen LogP contribution in [-0.4, -0.2) is 41.2 Å². The third-order valence-electron chi connectivity index (χ3n) is 5.09. The number of ether oxygens (including phenoxy) is 1. The molecule has 0 spiro atoms. The summed E-state index contributed by atoms with van der Waals surface area (Å²) in [6.07, 6.45) is 0. The van der Waals surface area contributed by atoms with Crippen molar-refractivity contribution in [1.29, 1.82) is 0 Å². The predicted octanol–water partition coefficient (Wildman–Crippen LogP) is 3.28. The number of benzene rings is 2. The average Bonchev–Trinajstić information content (AvgIpc) is 2.97. The van der Waals surface area contributed by atoms with Crippen LogP contribution >= 0.6 is 0 Å². The summed E-state index contributed by atoms with van der Waals surface area (Å²) >= 11 is 0. The summed E-state index contributed by atoms with van der Waals surface area (Å²) in [7, 11) is 0. The molecule has 0 radical (unpaired) electrons. The maximum atomic E-state index is 12.5. The van der Waals surface area contributed by atoms with E-state index < -0.39 is 36.3 Å². The Morgan fingerprint density at radius 2 is 1.57 bits per heavy atom. The number of esters is 1. The molecule has 7 heteroatoms. The molecule has 156 valence electrons. The number of hydrogen-bond acceptors (Lipinski definition) is 5. The first-order valence-electron chi connectivity index (χ1n) is 9.75. The summed E-state index contributed by atoms with van der Waals surface area (Å²) in [6, 6.07) is 11.0. The molecule has 1 N–H and O–H groups in total. The van der Waals surface area contributed by atoms with Crippen LogP contribution in [0.2, 0.25) is 0 Å². The molecule has 3 rings (SSSR count). The minimum atomic E-state index is -1.14. The van der Waals surface area contributed by atoms with E-state index in [0.717, 1.165) is 16.0 Å². The van der Waals surface area contributed by atoms with Gasteiger partial charge in [0.1, 0.15) is 6.04 Å². The predicted molar refractivity (Wildman–Crippen MR) is 111 cm³/mol. The summed E-state index contributed by atoms with van der Waals surface area (Å²) in [5.74, 6) is -2.21. The summed E-state index contributed by atoms with van der Waals surface area (Å²) in [5.41, 5.74) is 3.08. The lowest BCUT2D eigenvalue weighted by Gasteiger charge is -2.21. The van der Waals surface area contributed by atoms with Gasteiger partial charge in [-0.05, 0) is 43.0 Å². The number of rotatable bonds is 6. The van der Waals surface area contributed by atoms with Gasteiger partial charge in [-0.2, -0.15) is 0 Å². The largest absolute Gasteiger partial charge is 0.454 e. The molecule has 1 unspecified atom stereocenters. The Kier molecular flexibility index (Phi) is 6.01. The number of nitrogens with one attached hydrogen (secondary N) is 1. The molecule has 0 bridgehead atoms. The number of hydrogen-bond donors (Lipinski definition) is 1. The molecule has 2 aromatic rings. The summed E-state index contributed by atoms with van der Waals surface area (Å²) < 4.78 is 5.09. The highest BCUT2D eigenvalue weighted by molar-refractivity contribution is 6.22. The van der Waals surface area contributed by atoms with Crippen molar-refractivity contribution in [2.75, 3.05) is 11.9 Å². The molecule has 3 amide bonds. The third kappa shape index (κ3) is 3.96. The minimum absolute atomic E-state index is 0.205. The van der Waals surface area contributed by atoms with Crippen LogP contribution in [0.15, 0.2) is 42.5 Å². The smallest absolute Gasteiger partial charge is 0.329 e. The molecule has 0 aromatic heterocycles. The quantitative estimate of drug-likeness (QED) is 0.585. The van der Waals surface area contributed by atoms with Crippen LogP contribution in [0.25, 0.3) is 0 Å². The van der Waals surface area contributed by atoms with Crippen molar-refractivity contribution in [1.82, 2.24) is 4.90 Å². The lowest BCUT2D eigenvalue weighted by Crippen LogP contribution is -2.44. The average molecular weight is 408 g/mol. The number of para-hydroxylation sites is 1. The lowest BCUT2D eigenvalue weighted by atomic mass is 9.98. The van der Waals surface area contributed by atoms with Gasteiger partial charge in [0.25, 0.3) is 17.7 Å². The maximum Gasteiger partial charge on any atom is 0.329 e. The van der Waals surface area contributed by atoms with E-state index in [4.69, 9.17) is 4.74 Å². The van der Waals surface area contributed by atoms with Gasteiger partial charge >= 0.3 is 5.97 Å². The fourth-order valence-electron chi connectivity index (χ4n) is 3.44. The zero-order chi connectivity index (χ0) is 22.0. The van der Waals surface area contributed by atoms with Crippen molar-refractivity contribution in [3.63, 3.8) is 0 Å². The van der Waals surface area contributed by atoms with E-state index in [1.165, 1.54) is 19.1 Å². The number of nitrogens with zero attached hydrogens (tertiary/aromatic N) is 1. The van der Waals surface area contributed by atoms with E-state index in [-0.39, 0.29) is 17.0 Å². The Labute approximate surface area is 175 Å². The summed E-state index contributed by atoms with van der Waals surface area (Å²) in [4.78, 5) is 50.6. The molecule has 0 fully saturated rings.